The summed E-state index contributed by atoms with van der Waals surface area (Å²) < 4.78 is 13.3. The minimum absolute atomic E-state index is 0.0371. The summed E-state index contributed by atoms with van der Waals surface area (Å²) in [7, 11) is 0. The zero-order valence-electron chi connectivity index (χ0n) is 16.1. The molecule has 1 saturated heterocycles. The molecule has 1 atom stereocenters. The smallest absolute Gasteiger partial charge is 0.237 e. The average molecular weight is 376 g/mol. The summed E-state index contributed by atoms with van der Waals surface area (Å²) in [6.45, 7) is 7.51. The second-order valence-corrected chi connectivity index (χ2v) is 7.63. The standard InChI is InChI=1S/C20H29FN4O2/c1-14-11-16(3-6-18(14)21)12-22-19(26)13-24-7-9-25(10-8-24)15(2)20(27)23-17-4-5-17/h3,6,11,15,17H,4-5,7-10,12-13H2,1-2H3,(H,22,26)(H,23,27). The largest absolute Gasteiger partial charge is 0.352 e. The fourth-order valence-corrected chi connectivity index (χ4v) is 3.30. The third kappa shape index (κ3) is 5.74. The van der Waals surface area contributed by atoms with E-state index < -0.39 is 0 Å². The van der Waals surface area contributed by atoms with Gasteiger partial charge < -0.3 is 10.6 Å². The SMILES string of the molecule is Cc1cc(CNC(=O)CN2CCN(C(C)C(=O)NC3CC3)CC2)ccc1F. The Bertz CT molecular complexity index is 685. The Balaban J connectivity index is 1.37. The van der Waals surface area contributed by atoms with E-state index in [9.17, 15) is 14.0 Å². The van der Waals surface area contributed by atoms with Crippen LogP contribution in [0.3, 0.4) is 0 Å². The number of carbonyl (C=O) groups excluding carboxylic acids is 2. The number of rotatable bonds is 7. The highest BCUT2D eigenvalue weighted by atomic mass is 19.1. The first-order valence-electron chi connectivity index (χ1n) is 9.71. The van der Waals surface area contributed by atoms with Crippen molar-refractivity contribution in [2.24, 2.45) is 0 Å². The topological polar surface area (TPSA) is 64.7 Å². The maximum Gasteiger partial charge on any atom is 0.237 e. The molecule has 1 aliphatic carbocycles. The Morgan fingerprint density at radius 3 is 2.56 bits per heavy atom. The molecular formula is C20H29FN4O2. The molecule has 6 nitrogen and oxygen atoms in total. The highest BCUT2D eigenvalue weighted by Gasteiger charge is 2.30. The molecule has 1 unspecified atom stereocenters. The first-order valence-corrected chi connectivity index (χ1v) is 9.71. The first kappa shape index (κ1) is 19.8. The van der Waals surface area contributed by atoms with E-state index >= 15 is 0 Å². The first-order chi connectivity index (χ1) is 12.9. The van der Waals surface area contributed by atoms with Crippen LogP contribution in [0.4, 0.5) is 4.39 Å². The summed E-state index contributed by atoms with van der Waals surface area (Å²) >= 11 is 0. The van der Waals surface area contributed by atoms with Crippen LogP contribution >= 0.6 is 0 Å². The molecule has 0 aromatic heterocycles. The highest BCUT2D eigenvalue weighted by Crippen LogP contribution is 2.19. The molecule has 2 amide bonds. The Labute approximate surface area is 160 Å². The van der Waals surface area contributed by atoms with E-state index in [0.717, 1.165) is 44.6 Å². The second-order valence-electron chi connectivity index (χ2n) is 7.63. The van der Waals surface area contributed by atoms with Gasteiger partial charge in [-0.1, -0.05) is 12.1 Å². The van der Waals surface area contributed by atoms with E-state index in [2.05, 4.69) is 20.4 Å². The van der Waals surface area contributed by atoms with Gasteiger partial charge in [-0.2, -0.15) is 0 Å². The molecule has 0 spiro atoms. The van der Waals surface area contributed by atoms with Crippen molar-refractivity contribution >= 4 is 11.8 Å². The quantitative estimate of drug-likeness (QED) is 0.746. The van der Waals surface area contributed by atoms with Gasteiger partial charge in [0.25, 0.3) is 0 Å². The molecule has 2 aliphatic rings. The van der Waals surface area contributed by atoms with Gasteiger partial charge in [-0.25, -0.2) is 4.39 Å². The van der Waals surface area contributed by atoms with Crippen LogP contribution in [0.2, 0.25) is 0 Å². The molecule has 1 heterocycles. The molecule has 3 rings (SSSR count). The fraction of sp³-hybridized carbons (Fsp3) is 0.600. The Morgan fingerprint density at radius 1 is 1.22 bits per heavy atom. The molecule has 2 fully saturated rings. The van der Waals surface area contributed by atoms with Crippen LogP contribution in [0, 0.1) is 12.7 Å². The van der Waals surface area contributed by atoms with E-state index in [-0.39, 0.29) is 23.7 Å². The van der Waals surface area contributed by atoms with Gasteiger partial charge in [-0.3, -0.25) is 19.4 Å². The van der Waals surface area contributed by atoms with Gasteiger partial charge in [0.15, 0.2) is 0 Å². The van der Waals surface area contributed by atoms with E-state index in [0.29, 0.717) is 24.7 Å². The Hall–Kier alpha value is -1.99. The zero-order valence-corrected chi connectivity index (χ0v) is 16.1. The predicted molar refractivity (Wildman–Crippen MR) is 102 cm³/mol. The van der Waals surface area contributed by atoms with Crippen LogP contribution in [-0.4, -0.2) is 66.4 Å². The van der Waals surface area contributed by atoms with Crippen LogP contribution < -0.4 is 10.6 Å². The second kappa shape index (κ2) is 8.80. The summed E-state index contributed by atoms with van der Waals surface area (Å²) in [5.41, 5.74) is 1.47. The van der Waals surface area contributed by atoms with Gasteiger partial charge in [0.05, 0.1) is 12.6 Å². The van der Waals surface area contributed by atoms with Crippen molar-refractivity contribution < 1.29 is 14.0 Å². The lowest BCUT2D eigenvalue weighted by Gasteiger charge is -2.37. The summed E-state index contributed by atoms with van der Waals surface area (Å²) in [5, 5.41) is 5.95. The minimum atomic E-state index is -0.233. The van der Waals surface area contributed by atoms with Crippen molar-refractivity contribution in [3.63, 3.8) is 0 Å². The van der Waals surface area contributed by atoms with Crippen LogP contribution in [0.25, 0.3) is 0 Å². The lowest BCUT2D eigenvalue weighted by atomic mass is 10.1. The summed E-state index contributed by atoms with van der Waals surface area (Å²) in [5.74, 6) is -0.161. The lowest BCUT2D eigenvalue weighted by Crippen LogP contribution is -2.55. The van der Waals surface area contributed by atoms with Crippen molar-refractivity contribution in [3.8, 4) is 0 Å². The molecule has 2 N–H and O–H groups in total. The number of hydrogen-bond acceptors (Lipinski definition) is 4. The number of nitrogens with zero attached hydrogens (tertiary/aromatic N) is 2. The van der Waals surface area contributed by atoms with Crippen LogP contribution in [-0.2, 0) is 16.1 Å². The zero-order chi connectivity index (χ0) is 19.4. The molecular weight excluding hydrogens is 347 g/mol. The molecule has 1 aliphatic heterocycles. The van der Waals surface area contributed by atoms with E-state index in [4.69, 9.17) is 0 Å². The van der Waals surface area contributed by atoms with Crippen molar-refractivity contribution in [1.29, 1.82) is 0 Å². The number of amides is 2. The third-order valence-corrected chi connectivity index (χ3v) is 5.34. The van der Waals surface area contributed by atoms with Crippen molar-refractivity contribution in [2.45, 2.75) is 45.3 Å². The normalized spacial score (nSPS) is 19.5. The maximum atomic E-state index is 13.3. The Morgan fingerprint density at radius 2 is 1.93 bits per heavy atom. The third-order valence-electron chi connectivity index (χ3n) is 5.34. The molecule has 1 saturated carbocycles. The van der Waals surface area contributed by atoms with Gasteiger partial charge in [-0.15, -0.1) is 0 Å². The number of halogens is 1. The Kier molecular flexibility index (Phi) is 6.44. The number of benzene rings is 1. The summed E-state index contributed by atoms with van der Waals surface area (Å²) in [6, 6.07) is 5.13. The molecule has 0 bridgehead atoms. The molecule has 7 heteroatoms. The van der Waals surface area contributed by atoms with Crippen LogP contribution in [0.15, 0.2) is 18.2 Å². The predicted octanol–water partition coefficient (Wildman–Crippen LogP) is 1.04. The fourth-order valence-electron chi connectivity index (χ4n) is 3.30. The highest BCUT2D eigenvalue weighted by molar-refractivity contribution is 5.82. The van der Waals surface area contributed by atoms with E-state index in [1.165, 1.54) is 6.07 Å². The molecule has 0 radical (unpaired) electrons. The van der Waals surface area contributed by atoms with Gasteiger partial charge in [-0.05, 0) is 43.9 Å². The number of aryl methyl sites for hydroxylation is 1. The molecule has 27 heavy (non-hydrogen) atoms. The number of carbonyl (C=O) groups is 2. The van der Waals surface area contributed by atoms with Crippen LogP contribution in [0.1, 0.15) is 30.9 Å². The lowest BCUT2D eigenvalue weighted by molar-refractivity contribution is -0.128. The monoisotopic (exact) mass is 376 g/mol. The van der Waals surface area contributed by atoms with Crippen molar-refractivity contribution in [2.75, 3.05) is 32.7 Å². The van der Waals surface area contributed by atoms with Gasteiger partial charge >= 0.3 is 0 Å². The molecule has 148 valence electrons. The van der Waals surface area contributed by atoms with Crippen molar-refractivity contribution in [3.05, 3.63) is 35.1 Å². The van der Waals surface area contributed by atoms with Gasteiger partial charge in [0, 0.05) is 38.8 Å². The number of nitrogens with one attached hydrogen (secondary N) is 2. The summed E-state index contributed by atoms with van der Waals surface area (Å²) in [4.78, 5) is 28.6. The van der Waals surface area contributed by atoms with Gasteiger partial charge in [0.2, 0.25) is 11.8 Å². The number of hydrogen-bond donors (Lipinski definition) is 2. The minimum Gasteiger partial charge on any atom is -0.352 e. The number of piperazine rings is 1. The van der Waals surface area contributed by atoms with E-state index in [1.54, 1.807) is 19.1 Å². The maximum absolute atomic E-state index is 13.3. The molecule has 1 aromatic carbocycles. The summed E-state index contributed by atoms with van der Waals surface area (Å²) in [6.07, 6.45) is 2.19. The van der Waals surface area contributed by atoms with E-state index in [1.807, 2.05) is 6.92 Å². The average Bonchev–Trinajstić information content (AvgIpc) is 3.46. The van der Waals surface area contributed by atoms with Gasteiger partial charge in [0.1, 0.15) is 5.82 Å². The molecule has 1 aromatic rings. The van der Waals surface area contributed by atoms with Crippen LogP contribution in [0.5, 0.6) is 0 Å². The van der Waals surface area contributed by atoms with Crippen molar-refractivity contribution in [1.82, 2.24) is 20.4 Å².